The van der Waals surface area contributed by atoms with Crippen LogP contribution in [0.2, 0.25) is 0 Å². The predicted octanol–water partition coefficient (Wildman–Crippen LogP) is 9.45. The largest absolute Gasteiger partial charge is 0.462 e. The fraction of sp³-hybridized carbons (Fsp3) is 0.700. The van der Waals surface area contributed by atoms with Gasteiger partial charge in [-0.3, -0.25) is 18.9 Å². The number of esters is 2. The van der Waals surface area contributed by atoms with Crippen molar-refractivity contribution >= 4 is 28.2 Å². The summed E-state index contributed by atoms with van der Waals surface area (Å²) < 4.78 is 55.3. The van der Waals surface area contributed by atoms with Gasteiger partial charge in [0, 0.05) is 12.8 Å². The number of carbonyl (C=O) groups is 3. The van der Waals surface area contributed by atoms with Gasteiger partial charge in [-0.25, -0.2) is 4.18 Å². The molecule has 0 radical (unpaired) electrons. The van der Waals surface area contributed by atoms with Gasteiger partial charge in [0.25, 0.3) is 0 Å². The number of ether oxygens (including phenoxy) is 3. The number of benzene rings is 2. The van der Waals surface area contributed by atoms with Gasteiger partial charge < -0.3 is 29.7 Å². The second-order valence-corrected chi connectivity index (χ2v) is 18.5. The van der Waals surface area contributed by atoms with E-state index in [-0.39, 0.29) is 19.3 Å². The van der Waals surface area contributed by atoms with Crippen molar-refractivity contribution in [2.24, 2.45) is 0 Å². The first-order valence-corrected chi connectivity index (χ1v) is 25.7. The second-order valence-electron chi connectivity index (χ2n) is 17.4. The Hall–Kier alpha value is -3.40. The molecule has 6 atom stereocenters. The zero-order valence-electron chi connectivity index (χ0n) is 38.5. The number of aliphatic hydroxyl groups is 2. The second kappa shape index (κ2) is 33.1. The highest BCUT2D eigenvalue weighted by atomic mass is 32.3. The third-order valence-electron chi connectivity index (χ3n) is 11.9. The molecule has 2 aromatic carbocycles. The average Bonchev–Trinajstić information content (AvgIpc) is 3.27. The summed E-state index contributed by atoms with van der Waals surface area (Å²) in [7, 11) is -5.17. The summed E-state index contributed by atoms with van der Waals surface area (Å²) in [6.07, 6.45) is 15.7. The topological polar surface area (TPSA) is 195 Å². The molecule has 0 saturated carbocycles. The number of hydrogen-bond acceptors (Lipinski definition) is 11. The molecule has 3 rings (SSSR count). The SMILES string of the molecule is CCCCCCCCCCCC(CC(=O)N[C@@H]1[C@@H](OC(=O)CCCCCCCCc2ccccc2)[C@@H](OS(=O)(=O)O)[C@@H](CO)O[C@H]1O)OC(=O)CCCCCCCCc1ccccc1. The van der Waals surface area contributed by atoms with E-state index in [0.29, 0.717) is 19.3 Å². The van der Waals surface area contributed by atoms with Crippen molar-refractivity contribution in [3.05, 3.63) is 71.8 Å². The summed E-state index contributed by atoms with van der Waals surface area (Å²) >= 11 is 0. The predicted molar refractivity (Wildman–Crippen MR) is 247 cm³/mol. The monoisotopic (exact) mass is 918 g/mol. The molecule has 0 bridgehead atoms. The number of nitrogens with one attached hydrogen (secondary N) is 1. The fourth-order valence-electron chi connectivity index (χ4n) is 8.31. The van der Waals surface area contributed by atoms with Crippen LogP contribution in [0, 0.1) is 0 Å². The molecule has 1 unspecified atom stereocenters. The summed E-state index contributed by atoms with van der Waals surface area (Å²) in [6, 6.07) is 19.1. The van der Waals surface area contributed by atoms with E-state index in [1.165, 1.54) is 43.2 Å². The number of amides is 1. The van der Waals surface area contributed by atoms with E-state index >= 15 is 0 Å². The molecule has 1 aliphatic rings. The van der Waals surface area contributed by atoms with Crippen molar-refractivity contribution in [1.82, 2.24) is 5.32 Å². The van der Waals surface area contributed by atoms with Gasteiger partial charge in [-0.15, -0.1) is 0 Å². The van der Waals surface area contributed by atoms with Crippen LogP contribution in [0.3, 0.4) is 0 Å². The van der Waals surface area contributed by atoms with E-state index in [2.05, 4.69) is 48.6 Å². The maximum atomic E-state index is 13.7. The van der Waals surface area contributed by atoms with Crippen LogP contribution in [-0.2, 0) is 56.0 Å². The Bertz CT molecular complexity index is 1650. The Balaban J connectivity index is 1.55. The molecular weight excluding hydrogens is 839 g/mol. The molecule has 1 aliphatic heterocycles. The third kappa shape index (κ3) is 24.8. The molecule has 1 saturated heterocycles. The maximum Gasteiger partial charge on any atom is 0.397 e. The average molecular weight is 918 g/mol. The lowest BCUT2D eigenvalue weighted by molar-refractivity contribution is -0.254. The van der Waals surface area contributed by atoms with E-state index in [0.717, 1.165) is 103 Å². The van der Waals surface area contributed by atoms with Crippen LogP contribution in [0.5, 0.6) is 0 Å². The molecule has 1 fully saturated rings. The smallest absolute Gasteiger partial charge is 0.397 e. The summed E-state index contributed by atoms with van der Waals surface area (Å²) in [5, 5.41) is 23.6. The van der Waals surface area contributed by atoms with E-state index < -0.39 is 71.6 Å². The van der Waals surface area contributed by atoms with Crippen molar-refractivity contribution in [3.8, 4) is 0 Å². The van der Waals surface area contributed by atoms with E-state index in [4.69, 9.17) is 18.4 Å². The number of rotatable bonds is 36. The van der Waals surface area contributed by atoms with Gasteiger partial charge >= 0.3 is 22.3 Å². The van der Waals surface area contributed by atoms with E-state index in [1.807, 2.05) is 24.3 Å². The van der Waals surface area contributed by atoms with Gasteiger partial charge in [-0.1, -0.05) is 170 Å². The Kier molecular flexibility index (Phi) is 28.4. The fourth-order valence-corrected chi connectivity index (χ4v) is 8.82. The zero-order chi connectivity index (χ0) is 46.3. The van der Waals surface area contributed by atoms with Gasteiger partial charge in [-0.05, 0) is 62.5 Å². The van der Waals surface area contributed by atoms with Crippen LogP contribution in [0.1, 0.15) is 179 Å². The van der Waals surface area contributed by atoms with E-state index in [9.17, 15) is 37.6 Å². The van der Waals surface area contributed by atoms with Crippen LogP contribution in [0.25, 0.3) is 0 Å². The normalized spacial score (nSPS) is 19.2. The molecule has 0 aliphatic carbocycles. The number of unbranched alkanes of at least 4 members (excludes halogenated alkanes) is 18. The van der Waals surface area contributed by atoms with E-state index in [1.54, 1.807) is 0 Å². The Labute approximate surface area is 383 Å². The maximum absolute atomic E-state index is 13.7. The summed E-state index contributed by atoms with van der Waals surface area (Å²) in [5.74, 6) is -1.81. The molecule has 2 aromatic rings. The van der Waals surface area contributed by atoms with Gasteiger partial charge in [0.05, 0.1) is 13.0 Å². The van der Waals surface area contributed by atoms with Gasteiger partial charge in [-0.2, -0.15) is 8.42 Å². The lowest BCUT2D eigenvalue weighted by atomic mass is 9.96. The number of hydrogen-bond donors (Lipinski definition) is 4. The van der Waals surface area contributed by atoms with Crippen molar-refractivity contribution in [2.45, 2.75) is 217 Å². The first kappa shape index (κ1) is 54.9. The van der Waals surface area contributed by atoms with Crippen LogP contribution < -0.4 is 5.32 Å². The quantitative estimate of drug-likeness (QED) is 0.0288. The highest BCUT2D eigenvalue weighted by Gasteiger charge is 2.50. The van der Waals surface area contributed by atoms with Crippen molar-refractivity contribution in [1.29, 1.82) is 0 Å². The molecular formula is C50H79NO12S. The lowest BCUT2D eigenvalue weighted by Crippen LogP contribution is -2.66. The molecule has 1 amide bonds. The van der Waals surface area contributed by atoms with Crippen LogP contribution in [0.15, 0.2) is 60.7 Å². The molecule has 0 aromatic heterocycles. The van der Waals surface area contributed by atoms with Crippen molar-refractivity contribution in [3.63, 3.8) is 0 Å². The molecule has 13 nitrogen and oxygen atoms in total. The number of carbonyl (C=O) groups excluding carboxylic acids is 3. The van der Waals surface area contributed by atoms with Crippen LogP contribution in [0.4, 0.5) is 0 Å². The zero-order valence-corrected chi connectivity index (χ0v) is 39.3. The van der Waals surface area contributed by atoms with Crippen LogP contribution in [-0.4, -0.2) is 84.4 Å². The Morgan fingerprint density at radius 2 is 1.12 bits per heavy atom. The third-order valence-corrected chi connectivity index (χ3v) is 12.4. The standard InChI is InChI=1S/C50H79NO12S/c1-2-3-4-5-6-7-8-15-26-35-42(60-45(54)36-27-16-11-9-13-20-29-40-31-22-18-23-32-40)38-44(53)51-47-49(48(63-64(57,58)59)43(39-52)61-50(47)56)62-46(55)37-28-17-12-10-14-21-30-41-33-24-19-25-34-41/h18-19,22-25,31-34,42-43,47-50,52,56H,2-17,20-21,26-30,35-39H2,1H3,(H,51,53)(H,57,58,59)/t42?,43-,47-,48+,49-,50-/m1/s1. The Morgan fingerprint density at radius 3 is 1.62 bits per heavy atom. The number of aryl methyl sites for hydroxylation is 2. The minimum absolute atomic E-state index is 0.0362. The highest BCUT2D eigenvalue weighted by molar-refractivity contribution is 7.80. The van der Waals surface area contributed by atoms with Crippen molar-refractivity contribution < 1.29 is 56.0 Å². The first-order valence-electron chi connectivity index (χ1n) is 24.3. The minimum atomic E-state index is -5.17. The summed E-state index contributed by atoms with van der Waals surface area (Å²) in [4.78, 5) is 40.0. The van der Waals surface area contributed by atoms with Gasteiger partial charge in [0.2, 0.25) is 5.91 Å². The number of aliphatic hydroxyl groups excluding tert-OH is 2. The van der Waals surface area contributed by atoms with Gasteiger partial charge in [0.15, 0.2) is 12.4 Å². The van der Waals surface area contributed by atoms with Crippen LogP contribution >= 0.6 is 0 Å². The molecule has 14 heteroatoms. The minimum Gasteiger partial charge on any atom is -0.462 e. The lowest BCUT2D eigenvalue weighted by Gasteiger charge is -2.43. The highest BCUT2D eigenvalue weighted by Crippen LogP contribution is 2.28. The van der Waals surface area contributed by atoms with Gasteiger partial charge in [0.1, 0.15) is 24.4 Å². The molecule has 1 heterocycles. The van der Waals surface area contributed by atoms with Crippen molar-refractivity contribution in [2.75, 3.05) is 6.61 Å². The molecule has 4 N–H and O–H groups in total. The summed E-state index contributed by atoms with van der Waals surface area (Å²) in [5.41, 5.74) is 2.64. The summed E-state index contributed by atoms with van der Waals surface area (Å²) in [6.45, 7) is 1.33. The molecule has 362 valence electrons. The molecule has 64 heavy (non-hydrogen) atoms. The first-order chi connectivity index (χ1) is 31.0. The Morgan fingerprint density at radius 1 is 0.656 bits per heavy atom. The molecule has 0 spiro atoms.